The van der Waals surface area contributed by atoms with E-state index in [4.69, 9.17) is 4.52 Å². The minimum Gasteiger partial charge on any atom is -0.505 e. The molecule has 2 heterocycles. The van der Waals surface area contributed by atoms with Crippen molar-refractivity contribution < 1.29 is 14.0 Å². The fourth-order valence-corrected chi connectivity index (χ4v) is 2.79. The van der Waals surface area contributed by atoms with Gasteiger partial charge in [-0.05, 0) is 18.6 Å². The molecule has 0 unspecified atom stereocenters. The second kappa shape index (κ2) is 7.41. The number of aryl methyl sites for hydroxylation is 2. The molecule has 0 atom stereocenters. The van der Waals surface area contributed by atoms with E-state index in [9.17, 15) is 19.6 Å². The van der Waals surface area contributed by atoms with Crippen LogP contribution in [-0.2, 0) is 19.4 Å². The number of rotatable bonds is 5. The third-order valence-electron chi connectivity index (χ3n) is 4.25. The predicted molar refractivity (Wildman–Crippen MR) is 94.6 cm³/mol. The minimum atomic E-state index is -0.892. The van der Waals surface area contributed by atoms with Gasteiger partial charge in [-0.3, -0.25) is 9.36 Å². The van der Waals surface area contributed by atoms with Crippen LogP contribution in [0.4, 0.5) is 4.39 Å². The summed E-state index contributed by atoms with van der Waals surface area (Å²) < 4.78 is 20.3. The summed E-state index contributed by atoms with van der Waals surface area (Å²) in [5.74, 6) is -0.663. The summed E-state index contributed by atoms with van der Waals surface area (Å²) in [5, 5.41) is 22.7. The molecule has 0 saturated carbocycles. The molecule has 3 aromatic rings. The number of aromatic nitrogens is 3. The minimum absolute atomic E-state index is 0.00839. The Morgan fingerprint density at radius 1 is 1.30 bits per heavy atom. The Morgan fingerprint density at radius 3 is 2.74 bits per heavy atom. The molecule has 0 aliphatic rings. The van der Waals surface area contributed by atoms with Crippen molar-refractivity contribution in [2.45, 2.75) is 33.2 Å². The summed E-state index contributed by atoms with van der Waals surface area (Å²) in [6.07, 6.45) is 2.74. The highest BCUT2D eigenvalue weighted by Gasteiger charge is 2.17. The van der Waals surface area contributed by atoms with Gasteiger partial charge in [-0.2, -0.15) is 5.26 Å². The van der Waals surface area contributed by atoms with Crippen LogP contribution in [0.2, 0.25) is 0 Å². The standard InChI is InChI=1S/C19H17FN4O3/c1-3-11-9-22-18(4-2)24(19(11)26)10-13-6-17(27-23-13)14-7-16(25)15(20)5-12(14)8-21/h5-7,9,25H,3-4,10H2,1-2H3. The van der Waals surface area contributed by atoms with Crippen molar-refractivity contribution >= 4 is 0 Å². The maximum absolute atomic E-state index is 13.5. The molecule has 3 rings (SSSR count). The largest absolute Gasteiger partial charge is 0.505 e. The fraction of sp³-hybridized carbons (Fsp3) is 0.263. The molecular formula is C19H17FN4O3. The smallest absolute Gasteiger partial charge is 0.257 e. The second-order valence-electron chi connectivity index (χ2n) is 5.94. The van der Waals surface area contributed by atoms with E-state index in [1.807, 2.05) is 19.9 Å². The highest BCUT2D eigenvalue weighted by atomic mass is 19.1. The number of phenols is 1. The molecule has 0 spiro atoms. The topological polar surface area (TPSA) is 105 Å². The van der Waals surface area contributed by atoms with Gasteiger partial charge in [-0.15, -0.1) is 0 Å². The molecular weight excluding hydrogens is 351 g/mol. The summed E-state index contributed by atoms with van der Waals surface area (Å²) in [5.41, 5.74) is 1.15. The van der Waals surface area contributed by atoms with E-state index in [2.05, 4.69) is 10.1 Å². The monoisotopic (exact) mass is 368 g/mol. The lowest BCUT2D eigenvalue weighted by molar-refractivity contribution is 0.417. The highest BCUT2D eigenvalue weighted by Crippen LogP contribution is 2.30. The van der Waals surface area contributed by atoms with Crippen LogP contribution in [0.5, 0.6) is 5.75 Å². The first-order chi connectivity index (χ1) is 13.0. The fourth-order valence-electron chi connectivity index (χ4n) is 2.79. The number of phenolic OH excluding ortho intramolecular Hbond substituents is 1. The molecule has 27 heavy (non-hydrogen) atoms. The van der Waals surface area contributed by atoms with Gasteiger partial charge < -0.3 is 9.63 Å². The van der Waals surface area contributed by atoms with Crippen molar-refractivity contribution in [3.8, 4) is 23.1 Å². The molecule has 8 heteroatoms. The molecule has 0 saturated heterocycles. The lowest BCUT2D eigenvalue weighted by atomic mass is 10.1. The number of halogens is 1. The van der Waals surface area contributed by atoms with E-state index in [-0.39, 0.29) is 29.0 Å². The molecule has 0 bridgehead atoms. The zero-order valence-electron chi connectivity index (χ0n) is 14.9. The first kappa shape index (κ1) is 18.3. The first-order valence-corrected chi connectivity index (χ1v) is 8.44. The maximum atomic E-state index is 13.5. The Balaban J connectivity index is 2.01. The molecule has 1 N–H and O–H groups in total. The Hall–Kier alpha value is -3.47. The molecule has 0 aliphatic carbocycles. The number of hydrogen-bond acceptors (Lipinski definition) is 6. The van der Waals surface area contributed by atoms with Crippen molar-refractivity contribution in [3.63, 3.8) is 0 Å². The highest BCUT2D eigenvalue weighted by molar-refractivity contribution is 5.68. The van der Waals surface area contributed by atoms with Crippen molar-refractivity contribution in [3.05, 3.63) is 63.2 Å². The number of benzene rings is 1. The quantitative estimate of drug-likeness (QED) is 0.742. The Labute approximate surface area is 154 Å². The Morgan fingerprint density at radius 2 is 2.07 bits per heavy atom. The van der Waals surface area contributed by atoms with E-state index < -0.39 is 11.6 Å². The van der Waals surface area contributed by atoms with Crippen LogP contribution in [0.3, 0.4) is 0 Å². The van der Waals surface area contributed by atoms with E-state index in [0.717, 1.165) is 12.1 Å². The normalized spacial score (nSPS) is 10.7. The van der Waals surface area contributed by atoms with E-state index in [1.165, 1.54) is 4.57 Å². The number of hydrogen-bond donors (Lipinski definition) is 1. The van der Waals surface area contributed by atoms with Crippen molar-refractivity contribution in [1.82, 2.24) is 14.7 Å². The molecule has 1 aromatic carbocycles. The summed E-state index contributed by atoms with van der Waals surface area (Å²) in [4.78, 5) is 16.9. The van der Waals surface area contributed by atoms with Crippen LogP contribution in [-0.4, -0.2) is 19.8 Å². The Kier molecular flexibility index (Phi) is 5.03. The van der Waals surface area contributed by atoms with Gasteiger partial charge in [0.15, 0.2) is 17.3 Å². The lowest BCUT2D eigenvalue weighted by Crippen LogP contribution is -2.28. The van der Waals surface area contributed by atoms with E-state index in [0.29, 0.717) is 29.9 Å². The van der Waals surface area contributed by atoms with Crippen LogP contribution < -0.4 is 5.56 Å². The second-order valence-corrected chi connectivity index (χ2v) is 5.94. The molecule has 0 aliphatic heterocycles. The van der Waals surface area contributed by atoms with Gasteiger partial charge in [-0.25, -0.2) is 9.37 Å². The van der Waals surface area contributed by atoms with Crippen LogP contribution in [0.25, 0.3) is 11.3 Å². The number of aromatic hydroxyl groups is 1. The summed E-state index contributed by atoms with van der Waals surface area (Å²) in [6.45, 7) is 3.94. The van der Waals surface area contributed by atoms with E-state index in [1.54, 1.807) is 12.3 Å². The zero-order chi connectivity index (χ0) is 19.6. The molecule has 138 valence electrons. The summed E-state index contributed by atoms with van der Waals surface area (Å²) >= 11 is 0. The molecule has 0 amide bonds. The summed E-state index contributed by atoms with van der Waals surface area (Å²) in [6, 6.07) is 5.46. The first-order valence-electron chi connectivity index (χ1n) is 8.44. The number of nitriles is 1. The van der Waals surface area contributed by atoms with Gasteiger partial charge in [0.25, 0.3) is 5.56 Å². The third-order valence-corrected chi connectivity index (χ3v) is 4.25. The Bertz CT molecular complexity index is 1100. The number of nitrogens with zero attached hydrogens (tertiary/aromatic N) is 4. The van der Waals surface area contributed by atoms with Gasteiger partial charge in [0.1, 0.15) is 17.6 Å². The SMILES string of the molecule is CCc1cnc(CC)n(Cc2cc(-c3cc(O)c(F)cc3C#N)on2)c1=O. The van der Waals surface area contributed by atoms with Crippen LogP contribution in [0.1, 0.15) is 36.5 Å². The van der Waals surface area contributed by atoms with Crippen molar-refractivity contribution in [2.75, 3.05) is 0 Å². The van der Waals surface area contributed by atoms with Gasteiger partial charge in [-0.1, -0.05) is 19.0 Å². The van der Waals surface area contributed by atoms with Gasteiger partial charge in [0.05, 0.1) is 12.1 Å². The predicted octanol–water partition coefficient (Wildman–Crippen LogP) is 2.79. The molecule has 7 nitrogen and oxygen atoms in total. The molecule has 0 fully saturated rings. The van der Waals surface area contributed by atoms with E-state index >= 15 is 0 Å². The average Bonchev–Trinajstić information content (AvgIpc) is 3.13. The maximum Gasteiger partial charge on any atom is 0.257 e. The average molecular weight is 368 g/mol. The van der Waals surface area contributed by atoms with Gasteiger partial charge in [0, 0.05) is 29.8 Å². The lowest BCUT2D eigenvalue weighted by Gasteiger charge is -2.10. The van der Waals surface area contributed by atoms with Gasteiger partial charge in [0.2, 0.25) is 0 Å². The van der Waals surface area contributed by atoms with Crippen LogP contribution in [0, 0.1) is 17.1 Å². The van der Waals surface area contributed by atoms with Crippen LogP contribution >= 0.6 is 0 Å². The molecule has 0 radical (unpaired) electrons. The van der Waals surface area contributed by atoms with Crippen LogP contribution in [0.15, 0.2) is 33.7 Å². The zero-order valence-corrected chi connectivity index (χ0v) is 14.9. The molecule has 2 aromatic heterocycles. The summed E-state index contributed by atoms with van der Waals surface area (Å²) in [7, 11) is 0. The van der Waals surface area contributed by atoms with Gasteiger partial charge >= 0.3 is 0 Å². The van der Waals surface area contributed by atoms with Crippen molar-refractivity contribution in [2.24, 2.45) is 0 Å². The van der Waals surface area contributed by atoms with Crippen molar-refractivity contribution in [1.29, 1.82) is 5.26 Å². The third kappa shape index (κ3) is 3.44.